The van der Waals surface area contributed by atoms with Crippen LogP contribution < -0.4 is 10.5 Å². The number of aromatic nitrogens is 2. The van der Waals surface area contributed by atoms with Crippen molar-refractivity contribution in [1.82, 2.24) is 14.5 Å². The number of hydrogen-bond donors (Lipinski definition) is 0. The van der Waals surface area contributed by atoms with Crippen LogP contribution in [0.1, 0.15) is 44.7 Å². The molecule has 0 N–H and O–H groups in total. The molecule has 0 radical (unpaired) electrons. The van der Waals surface area contributed by atoms with Crippen molar-refractivity contribution in [2.24, 2.45) is 7.05 Å². The Kier molecular flexibility index (Phi) is 6.03. The van der Waals surface area contributed by atoms with Gasteiger partial charge in [-0.05, 0) is 43.0 Å². The molecule has 0 aliphatic carbocycles. The minimum Gasteiger partial charge on any atom is -0.362 e. The van der Waals surface area contributed by atoms with Gasteiger partial charge in [-0.3, -0.25) is 9.69 Å². The number of aryl methyl sites for hydroxylation is 1. The van der Waals surface area contributed by atoms with Crippen LogP contribution in [0.2, 0.25) is 0 Å². The van der Waals surface area contributed by atoms with Gasteiger partial charge in [0.15, 0.2) is 0 Å². The van der Waals surface area contributed by atoms with Gasteiger partial charge in [0, 0.05) is 44.8 Å². The summed E-state index contributed by atoms with van der Waals surface area (Å²) in [5, 5.41) is 0. The molecule has 0 spiro atoms. The molecule has 3 aromatic rings. The van der Waals surface area contributed by atoms with Crippen LogP contribution in [0.5, 0.6) is 0 Å². The Labute approximate surface area is 189 Å². The van der Waals surface area contributed by atoms with Crippen LogP contribution in [0.3, 0.4) is 0 Å². The number of pyridine rings is 2. The maximum absolute atomic E-state index is 12.7. The first-order valence-corrected chi connectivity index (χ1v) is 11.3. The molecule has 1 aliphatic heterocycles. The zero-order chi connectivity index (χ0) is 23.0. The summed E-state index contributed by atoms with van der Waals surface area (Å²) in [5.41, 5.74) is 4.93. The van der Waals surface area contributed by atoms with Crippen molar-refractivity contribution in [3.63, 3.8) is 0 Å². The summed E-state index contributed by atoms with van der Waals surface area (Å²) in [6.45, 7) is 18.8. The highest BCUT2D eigenvalue weighted by atomic mass is 16.1. The number of hydrogen-bond acceptors (Lipinski definition) is 4. The number of fused-ring (bicyclic) bond motifs is 1. The van der Waals surface area contributed by atoms with Crippen molar-refractivity contribution >= 4 is 22.5 Å². The third-order valence-corrected chi connectivity index (χ3v) is 6.63. The molecule has 2 aromatic heterocycles. The summed E-state index contributed by atoms with van der Waals surface area (Å²) >= 11 is 0. The average Bonchev–Trinajstić information content (AvgIpc) is 2.78. The third kappa shape index (κ3) is 4.13. The minimum absolute atomic E-state index is 0.0580. The monoisotopic (exact) mass is 429 g/mol. The number of rotatable bonds is 4. The van der Waals surface area contributed by atoms with Crippen molar-refractivity contribution in [2.75, 3.05) is 18.0 Å². The maximum atomic E-state index is 12.7. The summed E-state index contributed by atoms with van der Waals surface area (Å²) in [7, 11) is 1.75. The van der Waals surface area contributed by atoms with Crippen molar-refractivity contribution in [2.45, 2.75) is 52.2 Å². The first-order valence-electron chi connectivity index (χ1n) is 11.3. The molecule has 0 bridgehead atoms. The third-order valence-electron chi connectivity index (χ3n) is 6.63. The van der Waals surface area contributed by atoms with Gasteiger partial charge >= 0.3 is 0 Å². The van der Waals surface area contributed by atoms with Crippen molar-refractivity contribution < 1.29 is 0 Å². The van der Waals surface area contributed by atoms with Crippen LogP contribution >= 0.6 is 0 Å². The van der Waals surface area contributed by atoms with Gasteiger partial charge < -0.3 is 14.3 Å². The Morgan fingerprint density at radius 1 is 1.09 bits per heavy atom. The number of anilines is 1. The Balaban J connectivity index is 1.61. The molecule has 6 heteroatoms. The molecule has 2 atom stereocenters. The lowest BCUT2D eigenvalue weighted by Crippen LogP contribution is -2.56. The van der Waals surface area contributed by atoms with Gasteiger partial charge in [-0.2, -0.15) is 0 Å². The van der Waals surface area contributed by atoms with Gasteiger partial charge in [-0.25, -0.2) is 0 Å². The number of piperazine rings is 1. The molecular formula is C26H31N5O. The van der Waals surface area contributed by atoms with Gasteiger partial charge in [0.25, 0.3) is 11.4 Å². The van der Waals surface area contributed by atoms with E-state index < -0.39 is 0 Å². The van der Waals surface area contributed by atoms with Crippen LogP contribution in [-0.2, 0) is 13.6 Å². The summed E-state index contributed by atoms with van der Waals surface area (Å²) < 4.78 is 1.60. The SMILES string of the molecule is [C-]#[N+]c1ccc2c(n1)c(N1C[C@@H](C)N(Cc3ccc(C(C)C)cc3)C[C@@H]1C)cc(=O)n2C. The van der Waals surface area contributed by atoms with E-state index in [9.17, 15) is 4.79 Å². The first-order chi connectivity index (χ1) is 15.3. The molecule has 4 rings (SSSR count). The summed E-state index contributed by atoms with van der Waals surface area (Å²) in [4.78, 5) is 25.5. The molecule has 1 aromatic carbocycles. The lowest BCUT2D eigenvalue weighted by atomic mass is 10.0. The van der Waals surface area contributed by atoms with E-state index in [0.29, 0.717) is 17.8 Å². The zero-order valence-electron chi connectivity index (χ0n) is 19.5. The predicted molar refractivity (Wildman–Crippen MR) is 130 cm³/mol. The molecule has 1 saturated heterocycles. The second-order valence-electron chi connectivity index (χ2n) is 9.25. The number of nitrogens with zero attached hydrogens (tertiary/aromatic N) is 5. The van der Waals surface area contributed by atoms with Gasteiger partial charge in [0.1, 0.15) is 0 Å². The van der Waals surface area contributed by atoms with Gasteiger partial charge in [0.05, 0.1) is 11.2 Å². The Morgan fingerprint density at radius 2 is 1.81 bits per heavy atom. The van der Waals surface area contributed by atoms with Crippen molar-refractivity contribution in [1.29, 1.82) is 0 Å². The van der Waals surface area contributed by atoms with Crippen LogP contribution in [0, 0.1) is 6.57 Å². The van der Waals surface area contributed by atoms with Crippen molar-refractivity contribution in [3.05, 3.63) is 75.4 Å². The van der Waals surface area contributed by atoms with Crippen molar-refractivity contribution in [3.8, 4) is 0 Å². The van der Waals surface area contributed by atoms with Crippen LogP contribution in [-0.4, -0.2) is 39.6 Å². The molecule has 6 nitrogen and oxygen atoms in total. The molecule has 0 unspecified atom stereocenters. The largest absolute Gasteiger partial charge is 0.362 e. The van der Waals surface area contributed by atoms with Crippen LogP contribution in [0.25, 0.3) is 15.9 Å². The Bertz CT molecular complexity index is 1220. The molecule has 0 amide bonds. The molecule has 3 heterocycles. The zero-order valence-corrected chi connectivity index (χ0v) is 19.5. The van der Waals surface area contributed by atoms with E-state index in [4.69, 9.17) is 6.57 Å². The highest BCUT2D eigenvalue weighted by Crippen LogP contribution is 2.30. The molecule has 0 saturated carbocycles. The van der Waals surface area contributed by atoms with E-state index in [-0.39, 0.29) is 11.6 Å². The number of benzene rings is 1. The topological polar surface area (TPSA) is 45.7 Å². The quantitative estimate of drug-likeness (QED) is 0.564. The van der Waals surface area contributed by atoms with Gasteiger partial charge in [-0.15, -0.1) is 4.98 Å². The summed E-state index contributed by atoms with van der Waals surface area (Å²) in [6.07, 6.45) is 0. The van der Waals surface area contributed by atoms with E-state index in [1.54, 1.807) is 23.7 Å². The lowest BCUT2D eigenvalue weighted by molar-refractivity contribution is 0.158. The highest BCUT2D eigenvalue weighted by molar-refractivity contribution is 5.89. The minimum atomic E-state index is -0.0580. The molecule has 1 aliphatic rings. The van der Waals surface area contributed by atoms with E-state index in [1.165, 1.54) is 11.1 Å². The molecule has 166 valence electrons. The smallest absolute Gasteiger partial charge is 0.270 e. The summed E-state index contributed by atoms with van der Waals surface area (Å²) in [6, 6.07) is 14.7. The predicted octanol–water partition coefficient (Wildman–Crippen LogP) is 4.71. The van der Waals surface area contributed by atoms with Gasteiger partial charge in [-0.1, -0.05) is 44.7 Å². The Hall–Kier alpha value is -3.17. The standard InChI is InChI=1S/C26H31N5O/c1-17(2)21-9-7-20(8-10-21)16-30-14-19(4)31(15-18(30)3)23-13-25(32)29(6)22-11-12-24(27-5)28-26(22)23/h7-13,17-19H,14-16H2,1-4,6H3/t18-,19+/m1/s1. The average molecular weight is 430 g/mol. The molecular weight excluding hydrogens is 398 g/mol. The van der Waals surface area contributed by atoms with E-state index in [2.05, 4.69) is 71.6 Å². The van der Waals surface area contributed by atoms with E-state index in [0.717, 1.165) is 36.4 Å². The fraction of sp³-hybridized carbons (Fsp3) is 0.423. The van der Waals surface area contributed by atoms with Gasteiger partial charge in [0.2, 0.25) is 5.52 Å². The van der Waals surface area contributed by atoms with Crippen LogP contribution in [0.4, 0.5) is 11.5 Å². The molecule has 32 heavy (non-hydrogen) atoms. The maximum Gasteiger partial charge on any atom is 0.270 e. The van der Waals surface area contributed by atoms with Crippen LogP contribution in [0.15, 0.2) is 47.3 Å². The molecule has 1 fully saturated rings. The normalized spacial score (nSPS) is 19.5. The van der Waals surface area contributed by atoms with E-state index >= 15 is 0 Å². The Morgan fingerprint density at radius 3 is 2.47 bits per heavy atom. The second-order valence-corrected chi connectivity index (χ2v) is 9.25. The highest BCUT2D eigenvalue weighted by Gasteiger charge is 2.31. The van der Waals surface area contributed by atoms with E-state index in [1.807, 2.05) is 6.07 Å². The fourth-order valence-electron chi connectivity index (χ4n) is 4.58. The second kappa shape index (κ2) is 8.76. The fourth-order valence-corrected chi connectivity index (χ4v) is 4.58. The lowest BCUT2D eigenvalue weighted by Gasteiger charge is -2.45. The summed E-state index contributed by atoms with van der Waals surface area (Å²) in [5.74, 6) is 0.888. The first kappa shape index (κ1) is 22.0.